The van der Waals surface area contributed by atoms with Crippen LogP contribution in [-0.4, -0.2) is 43.7 Å². The summed E-state index contributed by atoms with van der Waals surface area (Å²) in [6, 6.07) is 7.12. The first-order valence-electron chi connectivity index (χ1n) is 7.57. The molecule has 116 valence electrons. The lowest BCUT2D eigenvalue weighted by Gasteiger charge is -2.30. The largest absolute Gasteiger partial charge is 0.494 e. The van der Waals surface area contributed by atoms with Crippen LogP contribution in [0, 0.1) is 5.92 Å². The predicted molar refractivity (Wildman–Crippen MR) is 81.5 cm³/mol. The summed E-state index contributed by atoms with van der Waals surface area (Å²) in [5, 5.41) is 0. The third-order valence-corrected chi connectivity index (χ3v) is 3.76. The monoisotopic (exact) mass is 292 g/mol. The molecule has 1 heterocycles. The number of benzene rings is 1. The van der Waals surface area contributed by atoms with Crippen LogP contribution < -0.4 is 15.2 Å². The summed E-state index contributed by atoms with van der Waals surface area (Å²) in [5.41, 5.74) is 5.67. The summed E-state index contributed by atoms with van der Waals surface area (Å²) in [7, 11) is 0. The number of hydrogen-bond donors (Lipinski definition) is 1. The van der Waals surface area contributed by atoms with Gasteiger partial charge in [-0.15, -0.1) is 0 Å². The fourth-order valence-corrected chi connectivity index (χ4v) is 2.50. The minimum Gasteiger partial charge on any atom is -0.494 e. The average molecular weight is 292 g/mol. The number of rotatable bonds is 6. The van der Waals surface area contributed by atoms with E-state index in [1.54, 1.807) is 24.3 Å². The van der Waals surface area contributed by atoms with E-state index in [1.807, 2.05) is 6.92 Å². The number of ether oxygens (including phenoxy) is 2. The zero-order chi connectivity index (χ0) is 15.1. The second-order valence-electron chi connectivity index (χ2n) is 5.33. The molecule has 5 nitrogen and oxygen atoms in total. The van der Waals surface area contributed by atoms with Gasteiger partial charge in [0.15, 0.2) is 0 Å². The van der Waals surface area contributed by atoms with Gasteiger partial charge in [0.2, 0.25) is 0 Å². The summed E-state index contributed by atoms with van der Waals surface area (Å²) in [4.78, 5) is 14.1. The van der Waals surface area contributed by atoms with Crippen molar-refractivity contribution in [1.29, 1.82) is 0 Å². The SMILES string of the molecule is CCOc1ccc(OC(=O)CN2CCC(CN)CC2)cc1. The number of nitrogens with zero attached hydrogens (tertiary/aromatic N) is 1. The molecule has 0 radical (unpaired) electrons. The molecule has 0 saturated carbocycles. The highest BCUT2D eigenvalue weighted by atomic mass is 16.5. The Morgan fingerprint density at radius 2 is 1.86 bits per heavy atom. The molecule has 0 amide bonds. The molecule has 1 aliphatic heterocycles. The van der Waals surface area contributed by atoms with E-state index >= 15 is 0 Å². The van der Waals surface area contributed by atoms with Crippen molar-refractivity contribution in [2.45, 2.75) is 19.8 Å². The van der Waals surface area contributed by atoms with Gasteiger partial charge in [0.25, 0.3) is 0 Å². The standard InChI is InChI=1S/C16H24N2O3/c1-2-20-14-3-5-15(6-4-14)21-16(19)12-18-9-7-13(11-17)8-10-18/h3-6,13H,2,7-12,17H2,1H3. The lowest BCUT2D eigenvalue weighted by molar-refractivity contribution is -0.136. The molecule has 0 aromatic heterocycles. The van der Waals surface area contributed by atoms with E-state index < -0.39 is 0 Å². The minimum absolute atomic E-state index is 0.217. The van der Waals surface area contributed by atoms with Gasteiger partial charge in [-0.05, 0) is 69.6 Å². The molecule has 1 aromatic rings. The topological polar surface area (TPSA) is 64.8 Å². The Labute approximate surface area is 126 Å². The molecule has 21 heavy (non-hydrogen) atoms. The Morgan fingerprint density at radius 3 is 2.43 bits per heavy atom. The number of likely N-dealkylation sites (tertiary alicyclic amines) is 1. The van der Waals surface area contributed by atoms with Gasteiger partial charge in [0.1, 0.15) is 11.5 Å². The normalized spacial score (nSPS) is 16.7. The van der Waals surface area contributed by atoms with Crippen molar-refractivity contribution in [3.8, 4) is 11.5 Å². The second kappa shape index (κ2) is 8.00. The number of carbonyl (C=O) groups is 1. The number of piperidine rings is 1. The van der Waals surface area contributed by atoms with Crippen LogP contribution in [0.25, 0.3) is 0 Å². The Balaban J connectivity index is 1.76. The maximum absolute atomic E-state index is 11.9. The van der Waals surface area contributed by atoms with Crippen molar-refractivity contribution < 1.29 is 14.3 Å². The van der Waals surface area contributed by atoms with Crippen LogP contribution in [0.4, 0.5) is 0 Å². The maximum atomic E-state index is 11.9. The second-order valence-corrected chi connectivity index (χ2v) is 5.33. The number of nitrogens with two attached hydrogens (primary N) is 1. The van der Waals surface area contributed by atoms with E-state index in [1.165, 1.54) is 0 Å². The third kappa shape index (κ3) is 5.02. The van der Waals surface area contributed by atoms with Crippen molar-refractivity contribution in [3.63, 3.8) is 0 Å². The molecule has 1 fully saturated rings. The van der Waals surface area contributed by atoms with Crippen LogP contribution in [0.5, 0.6) is 11.5 Å². The van der Waals surface area contributed by atoms with Crippen LogP contribution in [0.3, 0.4) is 0 Å². The third-order valence-electron chi connectivity index (χ3n) is 3.76. The van der Waals surface area contributed by atoms with Gasteiger partial charge in [-0.3, -0.25) is 9.69 Å². The Morgan fingerprint density at radius 1 is 1.24 bits per heavy atom. The van der Waals surface area contributed by atoms with Crippen LogP contribution in [0.15, 0.2) is 24.3 Å². The van der Waals surface area contributed by atoms with Crippen LogP contribution in [0.2, 0.25) is 0 Å². The lowest BCUT2D eigenvalue weighted by atomic mass is 9.97. The predicted octanol–water partition coefficient (Wildman–Crippen LogP) is 1.66. The first-order chi connectivity index (χ1) is 10.2. The highest BCUT2D eigenvalue weighted by Crippen LogP contribution is 2.19. The maximum Gasteiger partial charge on any atom is 0.325 e. The van der Waals surface area contributed by atoms with Crippen molar-refractivity contribution in [1.82, 2.24) is 4.90 Å². The van der Waals surface area contributed by atoms with Crippen molar-refractivity contribution in [2.75, 3.05) is 32.8 Å². The molecule has 1 aromatic carbocycles. The van der Waals surface area contributed by atoms with Gasteiger partial charge in [-0.1, -0.05) is 0 Å². The molecule has 2 rings (SSSR count). The minimum atomic E-state index is -0.217. The molecule has 2 N–H and O–H groups in total. The fraction of sp³-hybridized carbons (Fsp3) is 0.562. The molecular formula is C16H24N2O3. The number of esters is 1. The van der Waals surface area contributed by atoms with Crippen LogP contribution in [-0.2, 0) is 4.79 Å². The van der Waals surface area contributed by atoms with Crippen molar-refractivity contribution in [2.24, 2.45) is 11.7 Å². The van der Waals surface area contributed by atoms with Crippen molar-refractivity contribution in [3.05, 3.63) is 24.3 Å². The molecule has 0 spiro atoms. The molecule has 0 unspecified atom stereocenters. The fourth-order valence-electron chi connectivity index (χ4n) is 2.50. The summed E-state index contributed by atoms with van der Waals surface area (Å²) in [5.74, 6) is 1.72. The lowest BCUT2D eigenvalue weighted by Crippen LogP contribution is -2.40. The smallest absolute Gasteiger partial charge is 0.325 e. The van der Waals surface area contributed by atoms with E-state index in [9.17, 15) is 4.79 Å². The quantitative estimate of drug-likeness (QED) is 0.638. The van der Waals surface area contributed by atoms with Gasteiger partial charge in [-0.2, -0.15) is 0 Å². The highest BCUT2D eigenvalue weighted by molar-refractivity contribution is 5.74. The van der Waals surface area contributed by atoms with Crippen molar-refractivity contribution >= 4 is 5.97 Å². The van der Waals surface area contributed by atoms with Crippen LogP contribution >= 0.6 is 0 Å². The summed E-state index contributed by atoms with van der Waals surface area (Å²) < 4.78 is 10.7. The zero-order valence-corrected chi connectivity index (χ0v) is 12.6. The Kier molecular flexibility index (Phi) is 6.02. The Bertz CT molecular complexity index is 439. The van der Waals surface area contributed by atoms with E-state index in [0.717, 1.165) is 38.2 Å². The van der Waals surface area contributed by atoms with Crippen LogP contribution in [0.1, 0.15) is 19.8 Å². The van der Waals surface area contributed by atoms with Gasteiger partial charge < -0.3 is 15.2 Å². The molecular weight excluding hydrogens is 268 g/mol. The molecule has 0 aliphatic carbocycles. The first kappa shape index (κ1) is 15.8. The molecule has 0 atom stereocenters. The van der Waals surface area contributed by atoms with E-state index in [2.05, 4.69) is 4.90 Å². The molecule has 0 bridgehead atoms. The Hall–Kier alpha value is -1.59. The summed E-state index contributed by atoms with van der Waals surface area (Å²) >= 11 is 0. The molecule has 1 aliphatic rings. The van der Waals surface area contributed by atoms with E-state index in [4.69, 9.17) is 15.2 Å². The average Bonchev–Trinajstić information content (AvgIpc) is 2.50. The van der Waals surface area contributed by atoms with Gasteiger partial charge in [-0.25, -0.2) is 0 Å². The van der Waals surface area contributed by atoms with E-state index in [-0.39, 0.29) is 5.97 Å². The van der Waals surface area contributed by atoms with Gasteiger partial charge >= 0.3 is 5.97 Å². The summed E-state index contributed by atoms with van der Waals surface area (Å²) in [6.07, 6.45) is 2.12. The molecule has 5 heteroatoms. The van der Waals surface area contributed by atoms with Gasteiger partial charge in [0.05, 0.1) is 13.2 Å². The number of hydrogen-bond acceptors (Lipinski definition) is 5. The zero-order valence-electron chi connectivity index (χ0n) is 12.6. The number of carbonyl (C=O) groups excluding carboxylic acids is 1. The van der Waals surface area contributed by atoms with E-state index in [0.29, 0.717) is 24.8 Å². The first-order valence-corrected chi connectivity index (χ1v) is 7.57. The van der Waals surface area contributed by atoms with Gasteiger partial charge in [0, 0.05) is 0 Å². The summed E-state index contributed by atoms with van der Waals surface area (Å²) in [6.45, 7) is 5.47. The molecule has 1 saturated heterocycles. The highest BCUT2D eigenvalue weighted by Gasteiger charge is 2.20.